The molecule has 0 radical (unpaired) electrons. The van der Waals surface area contributed by atoms with E-state index in [1.54, 1.807) is 6.07 Å². The van der Waals surface area contributed by atoms with Gasteiger partial charge in [-0.05, 0) is 42.5 Å². The number of benzene rings is 2. The first-order chi connectivity index (χ1) is 15.6. The first kappa shape index (κ1) is 22.6. The number of anilines is 1. The van der Waals surface area contributed by atoms with Crippen molar-refractivity contribution in [1.82, 2.24) is 9.97 Å². The van der Waals surface area contributed by atoms with Crippen molar-refractivity contribution in [1.29, 1.82) is 0 Å². The van der Waals surface area contributed by atoms with Crippen LogP contribution >= 0.6 is 11.6 Å². The topological polar surface area (TPSA) is 90.4 Å². The Bertz CT molecular complexity index is 1410. The highest BCUT2D eigenvalue weighted by atomic mass is 35.5. The average molecular weight is 496 g/mol. The molecule has 0 saturated heterocycles. The van der Waals surface area contributed by atoms with Crippen LogP contribution in [0.3, 0.4) is 0 Å². The van der Waals surface area contributed by atoms with Crippen LogP contribution in [-0.4, -0.2) is 24.7 Å². The molecule has 0 bridgehead atoms. The minimum Gasteiger partial charge on any atom is -0.436 e. The van der Waals surface area contributed by atoms with Crippen molar-refractivity contribution in [2.45, 2.75) is 11.3 Å². The van der Waals surface area contributed by atoms with E-state index in [1.807, 2.05) is 24.3 Å². The Hall–Kier alpha value is -3.57. The lowest BCUT2D eigenvalue weighted by atomic mass is 10.2. The summed E-state index contributed by atoms with van der Waals surface area (Å²) in [4.78, 5) is 8.02. The van der Waals surface area contributed by atoms with Gasteiger partial charge in [-0.1, -0.05) is 29.8 Å². The van der Waals surface area contributed by atoms with E-state index in [2.05, 4.69) is 19.4 Å². The van der Waals surface area contributed by atoms with Gasteiger partial charge in [0, 0.05) is 5.39 Å². The van der Waals surface area contributed by atoms with Crippen molar-refractivity contribution in [3.63, 3.8) is 0 Å². The van der Waals surface area contributed by atoms with E-state index in [1.165, 1.54) is 18.5 Å². The molecule has 33 heavy (non-hydrogen) atoms. The number of aromatic nitrogens is 2. The largest absolute Gasteiger partial charge is 0.573 e. The van der Waals surface area contributed by atoms with Crippen molar-refractivity contribution in [2.24, 2.45) is 0 Å². The van der Waals surface area contributed by atoms with Gasteiger partial charge in [-0.15, -0.1) is 13.2 Å². The molecule has 2 heterocycles. The van der Waals surface area contributed by atoms with Crippen LogP contribution in [0.1, 0.15) is 0 Å². The monoisotopic (exact) mass is 495 g/mol. The van der Waals surface area contributed by atoms with Crippen molar-refractivity contribution in [2.75, 3.05) is 4.72 Å². The number of rotatable bonds is 6. The summed E-state index contributed by atoms with van der Waals surface area (Å²) in [5, 5.41) is 0.874. The van der Waals surface area contributed by atoms with Crippen LogP contribution in [0.5, 0.6) is 17.4 Å². The molecule has 12 heteroatoms. The van der Waals surface area contributed by atoms with E-state index in [9.17, 15) is 21.6 Å². The maximum absolute atomic E-state index is 12.5. The van der Waals surface area contributed by atoms with E-state index < -0.39 is 22.1 Å². The quantitative estimate of drug-likeness (QED) is 0.365. The minimum atomic E-state index is -4.88. The number of sulfonamides is 1. The maximum Gasteiger partial charge on any atom is 0.573 e. The summed E-state index contributed by atoms with van der Waals surface area (Å²) in [6, 6.07) is 14.2. The van der Waals surface area contributed by atoms with Crippen LogP contribution in [0, 0.1) is 0 Å². The number of fused-ring (bicyclic) bond motifs is 1. The van der Waals surface area contributed by atoms with Gasteiger partial charge < -0.3 is 9.47 Å². The fraction of sp³-hybridized carbons (Fsp3) is 0.0476. The molecular formula is C21H13ClF3N3O4S. The van der Waals surface area contributed by atoms with Crippen LogP contribution in [0.2, 0.25) is 5.02 Å². The molecule has 0 aliphatic rings. The lowest BCUT2D eigenvalue weighted by molar-refractivity contribution is -0.274. The number of nitrogens with one attached hydrogen (secondary N) is 1. The molecule has 0 aliphatic heterocycles. The highest BCUT2D eigenvalue weighted by molar-refractivity contribution is 7.92. The van der Waals surface area contributed by atoms with Gasteiger partial charge >= 0.3 is 6.36 Å². The van der Waals surface area contributed by atoms with Gasteiger partial charge in [0.1, 0.15) is 16.5 Å². The Morgan fingerprint density at radius 3 is 2.33 bits per heavy atom. The number of alkyl halides is 3. The molecule has 0 spiro atoms. The minimum absolute atomic E-state index is 0.0253. The molecule has 7 nitrogen and oxygen atoms in total. The van der Waals surface area contributed by atoms with Crippen molar-refractivity contribution >= 4 is 38.2 Å². The summed E-state index contributed by atoms with van der Waals surface area (Å²) in [6.45, 7) is 0. The SMILES string of the molecule is O=S(=O)(Nc1cnc(Oc2cnc3ccccc3c2)c(Cl)c1)c1ccc(OC(F)(F)F)cc1. The van der Waals surface area contributed by atoms with Crippen LogP contribution in [0.15, 0.2) is 78.0 Å². The Morgan fingerprint density at radius 1 is 0.909 bits per heavy atom. The third-order valence-electron chi connectivity index (χ3n) is 4.21. The van der Waals surface area contributed by atoms with Crippen LogP contribution in [0.4, 0.5) is 18.9 Å². The molecular weight excluding hydrogens is 483 g/mol. The molecule has 0 unspecified atom stereocenters. The highest BCUT2D eigenvalue weighted by Crippen LogP contribution is 2.31. The lowest BCUT2D eigenvalue weighted by Crippen LogP contribution is -2.17. The number of halogens is 4. The summed E-state index contributed by atoms with van der Waals surface area (Å²) < 4.78 is 73.4. The second kappa shape index (κ2) is 8.75. The zero-order chi connectivity index (χ0) is 23.6. The van der Waals surface area contributed by atoms with Crippen molar-refractivity contribution < 1.29 is 31.1 Å². The van der Waals surface area contributed by atoms with Gasteiger partial charge in [0.2, 0.25) is 5.88 Å². The zero-order valence-corrected chi connectivity index (χ0v) is 17.9. The standard InChI is InChI=1S/C21H13ClF3N3O4S/c22-18-10-14(28-33(29,30)17-7-5-15(6-8-17)32-21(23,24)25)11-27-20(18)31-16-9-13-3-1-2-4-19(13)26-12-16/h1-12,28H. The van der Waals surface area contributed by atoms with Gasteiger partial charge in [-0.3, -0.25) is 9.71 Å². The average Bonchev–Trinajstić information content (AvgIpc) is 2.74. The van der Waals surface area contributed by atoms with Crippen LogP contribution in [-0.2, 0) is 10.0 Å². The summed E-state index contributed by atoms with van der Waals surface area (Å²) in [7, 11) is -4.12. The number of nitrogens with zero attached hydrogens (tertiary/aromatic N) is 2. The predicted octanol–water partition coefficient (Wildman–Crippen LogP) is 5.77. The summed E-state index contributed by atoms with van der Waals surface area (Å²) in [6.07, 6.45) is -2.19. The first-order valence-electron chi connectivity index (χ1n) is 9.16. The first-order valence-corrected chi connectivity index (χ1v) is 11.0. The molecule has 0 amide bonds. The number of hydrogen-bond donors (Lipinski definition) is 1. The number of pyridine rings is 2. The summed E-state index contributed by atoms with van der Waals surface area (Å²) in [5.41, 5.74) is 0.811. The second-order valence-electron chi connectivity index (χ2n) is 6.60. The molecule has 0 fully saturated rings. The van der Waals surface area contributed by atoms with E-state index in [-0.39, 0.29) is 21.5 Å². The smallest absolute Gasteiger partial charge is 0.436 e. The fourth-order valence-corrected chi connectivity index (χ4v) is 4.05. The van der Waals surface area contributed by atoms with Crippen LogP contribution in [0.25, 0.3) is 10.9 Å². The van der Waals surface area contributed by atoms with Gasteiger partial charge in [0.05, 0.1) is 28.5 Å². The maximum atomic E-state index is 12.5. The van der Waals surface area contributed by atoms with Gasteiger partial charge in [-0.2, -0.15) is 0 Å². The number of para-hydroxylation sites is 1. The fourth-order valence-electron chi connectivity index (χ4n) is 2.81. The van der Waals surface area contributed by atoms with E-state index >= 15 is 0 Å². The van der Waals surface area contributed by atoms with Crippen LogP contribution < -0.4 is 14.2 Å². The Kier molecular flexibility index (Phi) is 6.00. The molecule has 2 aromatic heterocycles. The van der Waals surface area contributed by atoms with Crippen molar-refractivity contribution in [3.05, 3.63) is 78.1 Å². The molecule has 0 saturated carbocycles. The molecule has 0 atom stereocenters. The molecule has 170 valence electrons. The second-order valence-corrected chi connectivity index (χ2v) is 8.69. The third-order valence-corrected chi connectivity index (χ3v) is 5.88. The molecule has 4 aromatic rings. The Labute approximate surface area is 190 Å². The predicted molar refractivity (Wildman–Crippen MR) is 115 cm³/mol. The third kappa shape index (κ3) is 5.62. The Balaban J connectivity index is 1.49. The summed E-state index contributed by atoms with van der Waals surface area (Å²) in [5.74, 6) is -0.126. The molecule has 1 N–H and O–H groups in total. The molecule has 2 aromatic carbocycles. The zero-order valence-electron chi connectivity index (χ0n) is 16.4. The van der Waals surface area contributed by atoms with Gasteiger partial charge in [0.25, 0.3) is 10.0 Å². The number of hydrogen-bond acceptors (Lipinski definition) is 6. The van der Waals surface area contributed by atoms with E-state index in [4.69, 9.17) is 16.3 Å². The van der Waals surface area contributed by atoms with E-state index in [0.29, 0.717) is 5.75 Å². The molecule has 4 rings (SSSR count). The van der Waals surface area contributed by atoms with Gasteiger partial charge in [0.15, 0.2) is 0 Å². The van der Waals surface area contributed by atoms with Crippen molar-refractivity contribution in [3.8, 4) is 17.4 Å². The Morgan fingerprint density at radius 2 is 1.64 bits per heavy atom. The van der Waals surface area contributed by atoms with Gasteiger partial charge in [-0.25, -0.2) is 13.4 Å². The highest BCUT2D eigenvalue weighted by Gasteiger charge is 2.31. The number of ether oxygens (including phenoxy) is 2. The normalized spacial score (nSPS) is 11.9. The summed E-state index contributed by atoms with van der Waals surface area (Å²) >= 11 is 6.19. The van der Waals surface area contributed by atoms with E-state index in [0.717, 1.165) is 35.2 Å². The lowest BCUT2D eigenvalue weighted by Gasteiger charge is -2.12. The molecule has 0 aliphatic carbocycles.